The summed E-state index contributed by atoms with van der Waals surface area (Å²) in [6.45, 7) is 3.87. The molecular formula is C9H10Br2O2S. The predicted molar refractivity (Wildman–Crippen MR) is 65.0 cm³/mol. The van der Waals surface area contributed by atoms with Gasteiger partial charge in [-0.05, 0) is 31.9 Å². The molecule has 0 saturated heterocycles. The van der Waals surface area contributed by atoms with Crippen LogP contribution in [0.2, 0.25) is 0 Å². The lowest BCUT2D eigenvalue weighted by atomic mass is 9.88. The molecule has 1 aromatic heterocycles. The van der Waals surface area contributed by atoms with Crippen LogP contribution in [0.3, 0.4) is 0 Å². The van der Waals surface area contributed by atoms with Gasteiger partial charge in [0.25, 0.3) is 0 Å². The second-order valence-corrected chi connectivity index (χ2v) is 6.21. The van der Waals surface area contributed by atoms with Crippen LogP contribution in [0.1, 0.15) is 25.1 Å². The van der Waals surface area contributed by atoms with E-state index in [-0.39, 0.29) is 11.8 Å². The van der Waals surface area contributed by atoms with Crippen LogP contribution in [0.25, 0.3) is 0 Å². The molecule has 1 heterocycles. The molecule has 0 bridgehead atoms. The van der Waals surface area contributed by atoms with E-state index in [1.165, 1.54) is 0 Å². The fraction of sp³-hybridized carbons (Fsp3) is 0.444. The van der Waals surface area contributed by atoms with Crippen molar-refractivity contribution in [2.75, 3.05) is 0 Å². The van der Waals surface area contributed by atoms with Gasteiger partial charge in [0.1, 0.15) is 0 Å². The van der Waals surface area contributed by atoms with E-state index in [2.05, 4.69) is 31.9 Å². The van der Waals surface area contributed by atoms with E-state index in [9.17, 15) is 4.79 Å². The van der Waals surface area contributed by atoms with Crippen molar-refractivity contribution in [3.63, 3.8) is 0 Å². The summed E-state index contributed by atoms with van der Waals surface area (Å²) in [4.78, 5) is 11.7. The van der Waals surface area contributed by atoms with Crippen LogP contribution >= 0.6 is 43.2 Å². The molecule has 0 aliphatic rings. The highest BCUT2D eigenvalue weighted by Gasteiger charge is 2.28. The maximum atomic E-state index is 10.7. The first-order valence-corrected chi connectivity index (χ1v) is 6.46. The highest BCUT2D eigenvalue weighted by Crippen LogP contribution is 2.41. The Hall–Kier alpha value is 0.130. The molecule has 0 aliphatic heterocycles. The maximum Gasteiger partial charge on any atom is 0.304 e. The molecule has 1 aromatic rings. The van der Waals surface area contributed by atoms with Gasteiger partial charge in [-0.15, -0.1) is 11.3 Å². The SMILES string of the molecule is CC(C)(CC(=O)O)c1scc(Br)c1Br. The smallest absolute Gasteiger partial charge is 0.304 e. The Morgan fingerprint density at radius 1 is 1.57 bits per heavy atom. The van der Waals surface area contributed by atoms with Crippen molar-refractivity contribution in [2.24, 2.45) is 0 Å². The van der Waals surface area contributed by atoms with Crippen LogP contribution in [0.4, 0.5) is 0 Å². The van der Waals surface area contributed by atoms with Crippen molar-refractivity contribution in [3.05, 3.63) is 19.2 Å². The molecule has 0 fully saturated rings. The second kappa shape index (κ2) is 4.33. The van der Waals surface area contributed by atoms with E-state index in [0.29, 0.717) is 0 Å². The van der Waals surface area contributed by atoms with Crippen LogP contribution in [0, 0.1) is 0 Å². The van der Waals surface area contributed by atoms with Crippen molar-refractivity contribution in [3.8, 4) is 0 Å². The van der Waals surface area contributed by atoms with Crippen molar-refractivity contribution >= 4 is 49.2 Å². The fourth-order valence-electron chi connectivity index (χ4n) is 1.24. The number of carboxylic acid groups (broad SMARTS) is 1. The number of aliphatic carboxylic acids is 1. The number of halogens is 2. The molecule has 0 radical (unpaired) electrons. The molecule has 14 heavy (non-hydrogen) atoms. The van der Waals surface area contributed by atoms with Gasteiger partial charge in [-0.3, -0.25) is 4.79 Å². The molecule has 78 valence electrons. The largest absolute Gasteiger partial charge is 0.481 e. The van der Waals surface area contributed by atoms with Gasteiger partial charge in [-0.1, -0.05) is 13.8 Å². The number of hydrogen-bond donors (Lipinski definition) is 1. The van der Waals surface area contributed by atoms with Crippen LogP contribution in [0.5, 0.6) is 0 Å². The highest BCUT2D eigenvalue weighted by molar-refractivity contribution is 9.13. The molecular weight excluding hydrogens is 332 g/mol. The van der Waals surface area contributed by atoms with E-state index in [1.807, 2.05) is 19.2 Å². The normalized spacial score (nSPS) is 11.7. The number of rotatable bonds is 3. The average Bonchev–Trinajstić information content (AvgIpc) is 2.30. The molecule has 0 unspecified atom stereocenters. The maximum absolute atomic E-state index is 10.7. The molecule has 2 nitrogen and oxygen atoms in total. The molecule has 1 N–H and O–H groups in total. The minimum absolute atomic E-state index is 0.137. The van der Waals surface area contributed by atoms with E-state index in [0.717, 1.165) is 13.8 Å². The number of thiophene rings is 1. The Balaban J connectivity index is 3.03. The summed E-state index contributed by atoms with van der Waals surface area (Å²) < 4.78 is 1.95. The standard InChI is InChI=1S/C9H10Br2O2S/c1-9(2,3-6(12)13)8-7(11)5(10)4-14-8/h4H,3H2,1-2H3,(H,12,13). The third-order valence-corrected chi connectivity index (χ3v) is 5.79. The summed E-state index contributed by atoms with van der Waals surface area (Å²) in [5.41, 5.74) is -0.332. The second-order valence-electron chi connectivity index (χ2n) is 3.68. The number of carbonyl (C=O) groups is 1. The first-order valence-electron chi connectivity index (χ1n) is 3.99. The molecule has 1 rings (SSSR count). The third-order valence-electron chi connectivity index (χ3n) is 1.90. The van der Waals surface area contributed by atoms with Gasteiger partial charge in [0.2, 0.25) is 0 Å². The Morgan fingerprint density at radius 2 is 2.14 bits per heavy atom. The summed E-state index contributed by atoms with van der Waals surface area (Å²) in [6, 6.07) is 0. The minimum Gasteiger partial charge on any atom is -0.481 e. The number of hydrogen-bond acceptors (Lipinski definition) is 2. The summed E-state index contributed by atoms with van der Waals surface area (Å²) >= 11 is 8.41. The van der Waals surface area contributed by atoms with Gasteiger partial charge in [-0.2, -0.15) is 0 Å². The lowest BCUT2D eigenvalue weighted by Gasteiger charge is -2.21. The first kappa shape index (κ1) is 12.2. The third kappa shape index (κ3) is 2.58. The summed E-state index contributed by atoms with van der Waals surface area (Å²) in [7, 11) is 0. The molecule has 0 amide bonds. The van der Waals surface area contributed by atoms with Crippen molar-refractivity contribution in [1.82, 2.24) is 0 Å². The van der Waals surface area contributed by atoms with E-state index < -0.39 is 5.97 Å². The van der Waals surface area contributed by atoms with Crippen LogP contribution < -0.4 is 0 Å². The zero-order valence-electron chi connectivity index (χ0n) is 7.80. The molecule has 0 aliphatic carbocycles. The fourth-order valence-corrected chi connectivity index (χ4v) is 3.87. The van der Waals surface area contributed by atoms with Gasteiger partial charge in [0, 0.05) is 24.6 Å². The molecule has 0 aromatic carbocycles. The van der Waals surface area contributed by atoms with Gasteiger partial charge in [0.15, 0.2) is 0 Å². The van der Waals surface area contributed by atoms with E-state index >= 15 is 0 Å². The zero-order valence-corrected chi connectivity index (χ0v) is 11.8. The highest BCUT2D eigenvalue weighted by atomic mass is 79.9. The number of carboxylic acids is 1. The van der Waals surface area contributed by atoms with Gasteiger partial charge in [0.05, 0.1) is 6.42 Å². The van der Waals surface area contributed by atoms with Crippen LogP contribution in [-0.2, 0) is 10.2 Å². The Kier molecular flexibility index (Phi) is 3.77. The van der Waals surface area contributed by atoms with Gasteiger partial charge in [-0.25, -0.2) is 0 Å². The average molecular weight is 342 g/mol. The lowest BCUT2D eigenvalue weighted by Crippen LogP contribution is -2.20. The van der Waals surface area contributed by atoms with Gasteiger partial charge < -0.3 is 5.11 Å². The van der Waals surface area contributed by atoms with Crippen molar-refractivity contribution in [1.29, 1.82) is 0 Å². The zero-order chi connectivity index (χ0) is 10.9. The topological polar surface area (TPSA) is 37.3 Å². The van der Waals surface area contributed by atoms with E-state index in [1.54, 1.807) is 11.3 Å². The van der Waals surface area contributed by atoms with Crippen molar-refractivity contribution < 1.29 is 9.90 Å². The molecule has 5 heteroatoms. The molecule has 0 saturated carbocycles. The summed E-state index contributed by atoms with van der Waals surface area (Å²) in [5.74, 6) is -0.772. The van der Waals surface area contributed by atoms with Crippen LogP contribution in [-0.4, -0.2) is 11.1 Å². The van der Waals surface area contributed by atoms with Crippen molar-refractivity contribution in [2.45, 2.75) is 25.7 Å². The summed E-state index contributed by atoms with van der Waals surface area (Å²) in [5, 5.41) is 10.7. The Bertz CT molecular complexity index is 358. The molecule has 0 atom stereocenters. The predicted octanol–water partition coefficient (Wildman–Crippen LogP) is 4.03. The quantitative estimate of drug-likeness (QED) is 0.901. The lowest BCUT2D eigenvalue weighted by molar-refractivity contribution is -0.138. The monoisotopic (exact) mass is 340 g/mol. The van der Waals surface area contributed by atoms with Crippen LogP contribution in [0.15, 0.2) is 14.3 Å². The Morgan fingerprint density at radius 3 is 2.50 bits per heavy atom. The Labute approximate surface area is 104 Å². The van der Waals surface area contributed by atoms with E-state index in [4.69, 9.17) is 5.11 Å². The minimum atomic E-state index is -0.772. The first-order chi connectivity index (χ1) is 6.34. The molecule has 0 spiro atoms. The van der Waals surface area contributed by atoms with Gasteiger partial charge >= 0.3 is 5.97 Å². The summed E-state index contributed by atoms with van der Waals surface area (Å²) in [6.07, 6.45) is 0.137.